The number of alkyl halides is 2. The first-order valence-electron chi connectivity index (χ1n) is 11.7. The van der Waals surface area contributed by atoms with Gasteiger partial charge < -0.3 is 14.4 Å². The molecule has 1 fully saturated rings. The lowest BCUT2D eigenvalue weighted by Crippen LogP contribution is -2.46. The van der Waals surface area contributed by atoms with Gasteiger partial charge in [0.25, 0.3) is 0 Å². The Labute approximate surface area is 203 Å². The van der Waals surface area contributed by atoms with Gasteiger partial charge in [0.05, 0.1) is 10.6 Å². The van der Waals surface area contributed by atoms with Crippen LogP contribution >= 0.6 is 0 Å². The first-order chi connectivity index (χ1) is 16.8. The fourth-order valence-electron chi connectivity index (χ4n) is 4.59. The van der Waals surface area contributed by atoms with Crippen molar-refractivity contribution in [1.82, 2.24) is 9.62 Å². The van der Waals surface area contributed by atoms with Gasteiger partial charge in [0, 0.05) is 38.1 Å². The van der Waals surface area contributed by atoms with Crippen LogP contribution in [0, 0.1) is 0 Å². The Balaban J connectivity index is 1.08. The maximum absolute atomic E-state index is 13.5. The Kier molecular flexibility index (Phi) is 6.52. The average Bonchev–Trinajstić information content (AvgIpc) is 3.17. The van der Waals surface area contributed by atoms with E-state index in [4.69, 9.17) is 4.74 Å². The van der Waals surface area contributed by atoms with Crippen LogP contribution in [0.4, 0.5) is 14.5 Å². The van der Waals surface area contributed by atoms with E-state index in [-0.39, 0.29) is 11.5 Å². The second-order valence-corrected chi connectivity index (χ2v) is 10.4. The van der Waals surface area contributed by atoms with Crippen LogP contribution < -0.4 is 19.1 Å². The smallest absolute Gasteiger partial charge is 0.395 e. The molecule has 0 spiro atoms. The number of sulfonamides is 1. The molecular formula is C25H27F2N3O4S. The van der Waals surface area contributed by atoms with Crippen molar-refractivity contribution in [3.8, 4) is 11.5 Å². The quantitative estimate of drug-likeness (QED) is 0.468. The zero-order valence-electron chi connectivity index (χ0n) is 19.1. The number of halogens is 2. The topological polar surface area (TPSA) is 71.1 Å². The van der Waals surface area contributed by atoms with Crippen LogP contribution in [0.5, 0.6) is 11.5 Å². The molecule has 0 amide bonds. The van der Waals surface area contributed by atoms with E-state index in [2.05, 4.69) is 14.4 Å². The minimum absolute atomic E-state index is 0.0564. The molecule has 7 nitrogen and oxygen atoms in total. The monoisotopic (exact) mass is 503 g/mol. The Morgan fingerprint density at radius 2 is 1.63 bits per heavy atom. The lowest BCUT2D eigenvalue weighted by molar-refractivity contribution is -0.286. The van der Waals surface area contributed by atoms with Gasteiger partial charge >= 0.3 is 6.29 Å². The third-order valence-electron chi connectivity index (χ3n) is 6.35. The number of nitrogens with zero attached hydrogens (tertiary/aromatic N) is 2. The lowest BCUT2D eigenvalue weighted by atomic mass is 10.1. The number of ether oxygens (including phenoxy) is 2. The van der Waals surface area contributed by atoms with Gasteiger partial charge in [-0.05, 0) is 43.0 Å². The highest BCUT2D eigenvalue weighted by Crippen LogP contribution is 2.47. The molecule has 186 valence electrons. The second-order valence-electron chi connectivity index (χ2n) is 8.68. The summed E-state index contributed by atoms with van der Waals surface area (Å²) < 4.78 is 64.6. The summed E-state index contributed by atoms with van der Waals surface area (Å²) in [5, 5.41) is 1.60. The number of anilines is 1. The summed E-state index contributed by atoms with van der Waals surface area (Å²) in [4.78, 5) is 4.62. The van der Waals surface area contributed by atoms with Crippen LogP contribution in [0.2, 0.25) is 0 Å². The maximum Gasteiger partial charge on any atom is 0.586 e. The number of nitrogens with one attached hydrogen (secondary N) is 1. The van der Waals surface area contributed by atoms with Crippen molar-refractivity contribution in [2.24, 2.45) is 0 Å². The van der Waals surface area contributed by atoms with Crippen LogP contribution in [0.15, 0.2) is 65.6 Å². The molecule has 3 aromatic rings. The number of piperazine rings is 1. The van der Waals surface area contributed by atoms with E-state index in [0.717, 1.165) is 37.9 Å². The molecule has 0 saturated carbocycles. The molecule has 10 heteroatoms. The summed E-state index contributed by atoms with van der Waals surface area (Å²) >= 11 is 0. The summed E-state index contributed by atoms with van der Waals surface area (Å²) in [6, 6.07) is 17.6. The highest BCUT2D eigenvalue weighted by Gasteiger charge is 2.45. The molecule has 1 N–H and O–H groups in total. The van der Waals surface area contributed by atoms with Gasteiger partial charge in [0.2, 0.25) is 10.0 Å². The minimum atomic E-state index is -3.63. The Hall–Kier alpha value is -2.95. The van der Waals surface area contributed by atoms with Gasteiger partial charge in [0.1, 0.15) is 0 Å². The van der Waals surface area contributed by atoms with Crippen molar-refractivity contribution in [3.05, 3.63) is 60.7 Å². The summed E-state index contributed by atoms with van der Waals surface area (Å²) in [7, 11) is -3.59. The maximum atomic E-state index is 13.5. The molecule has 2 aliphatic rings. The number of unbranched alkanes of at least 4 members (excludes halogenated alkanes) is 1. The van der Waals surface area contributed by atoms with Crippen molar-refractivity contribution in [3.63, 3.8) is 0 Å². The van der Waals surface area contributed by atoms with Crippen molar-refractivity contribution < 1.29 is 26.7 Å². The Morgan fingerprint density at radius 3 is 2.46 bits per heavy atom. The second kappa shape index (κ2) is 9.60. The summed E-state index contributed by atoms with van der Waals surface area (Å²) in [5.74, 6) is 0.144. The number of benzene rings is 3. The van der Waals surface area contributed by atoms with Gasteiger partial charge in [-0.15, -0.1) is 8.78 Å². The third kappa shape index (κ3) is 5.19. The zero-order chi connectivity index (χ0) is 24.5. The normalized spacial score (nSPS) is 17.7. The van der Waals surface area contributed by atoms with Gasteiger partial charge in [-0.3, -0.25) is 4.90 Å². The minimum Gasteiger partial charge on any atom is -0.395 e. The van der Waals surface area contributed by atoms with Crippen LogP contribution in [-0.2, 0) is 10.0 Å². The number of fused-ring (bicyclic) bond motifs is 2. The molecule has 2 aliphatic heterocycles. The molecular weight excluding hydrogens is 476 g/mol. The highest BCUT2D eigenvalue weighted by molar-refractivity contribution is 7.89. The first kappa shape index (κ1) is 23.8. The molecule has 0 atom stereocenters. The highest BCUT2D eigenvalue weighted by atomic mass is 32.2. The summed E-state index contributed by atoms with van der Waals surface area (Å²) in [6.07, 6.45) is -2.06. The molecule has 1 saturated heterocycles. The van der Waals surface area contributed by atoms with Crippen molar-refractivity contribution in [1.29, 1.82) is 0 Å². The Morgan fingerprint density at radius 1 is 0.886 bits per heavy atom. The fraction of sp³-hybridized carbons (Fsp3) is 0.360. The molecule has 2 heterocycles. The van der Waals surface area contributed by atoms with E-state index in [9.17, 15) is 17.2 Å². The van der Waals surface area contributed by atoms with E-state index >= 15 is 0 Å². The van der Waals surface area contributed by atoms with Crippen molar-refractivity contribution in [2.45, 2.75) is 24.0 Å². The van der Waals surface area contributed by atoms with E-state index in [1.807, 2.05) is 35.2 Å². The largest absolute Gasteiger partial charge is 0.586 e. The summed E-state index contributed by atoms with van der Waals surface area (Å²) in [6.45, 7) is 4.13. The van der Waals surface area contributed by atoms with Crippen LogP contribution in [0.1, 0.15) is 12.8 Å². The Bertz CT molecular complexity index is 1310. The SMILES string of the molecule is O=S(=O)(NCCCCN1CCN(c2cccc3c2OC(F)(F)O3)CC1)c1cccc2ccccc12. The van der Waals surface area contributed by atoms with Crippen molar-refractivity contribution >= 4 is 26.5 Å². The summed E-state index contributed by atoms with van der Waals surface area (Å²) in [5.41, 5.74) is 0.613. The first-order valence-corrected chi connectivity index (χ1v) is 13.1. The number of rotatable bonds is 8. The molecule has 0 aromatic heterocycles. The third-order valence-corrected chi connectivity index (χ3v) is 7.87. The van der Waals surface area contributed by atoms with Gasteiger partial charge in [-0.2, -0.15) is 0 Å². The fourth-order valence-corrected chi connectivity index (χ4v) is 5.89. The lowest BCUT2D eigenvalue weighted by Gasteiger charge is -2.36. The van der Waals surface area contributed by atoms with E-state index < -0.39 is 16.3 Å². The molecule has 35 heavy (non-hydrogen) atoms. The van der Waals surface area contributed by atoms with E-state index in [1.165, 1.54) is 6.07 Å². The molecule has 5 rings (SSSR count). The number of para-hydroxylation sites is 1. The molecule has 3 aromatic carbocycles. The predicted molar refractivity (Wildman–Crippen MR) is 130 cm³/mol. The van der Waals surface area contributed by atoms with Crippen molar-refractivity contribution in [2.75, 3.05) is 44.2 Å². The average molecular weight is 504 g/mol. The molecule has 0 radical (unpaired) electrons. The van der Waals surface area contributed by atoms with Crippen LogP contribution in [0.3, 0.4) is 0 Å². The zero-order valence-corrected chi connectivity index (χ0v) is 19.9. The van der Waals surface area contributed by atoms with Crippen LogP contribution in [-0.4, -0.2) is 58.9 Å². The molecule has 0 aliphatic carbocycles. The molecule has 0 unspecified atom stereocenters. The van der Waals surface area contributed by atoms with Gasteiger partial charge in [-0.1, -0.05) is 42.5 Å². The number of hydrogen-bond donors (Lipinski definition) is 1. The van der Waals surface area contributed by atoms with E-state index in [0.29, 0.717) is 35.6 Å². The van der Waals surface area contributed by atoms with Crippen LogP contribution in [0.25, 0.3) is 10.8 Å². The van der Waals surface area contributed by atoms with Gasteiger partial charge in [0.15, 0.2) is 11.5 Å². The molecule has 0 bridgehead atoms. The van der Waals surface area contributed by atoms with Gasteiger partial charge in [-0.25, -0.2) is 13.1 Å². The van der Waals surface area contributed by atoms with E-state index in [1.54, 1.807) is 24.3 Å². The predicted octanol–water partition coefficient (Wildman–Crippen LogP) is 4.04. The standard InChI is InChI=1S/C25H27F2N3O4S/c26-25(27)33-22-11-6-10-21(24(22)34-25)30-17-15-29(16-18-30)14-4-3-13-28-35(31,32)23-12-5-8-19-7-1-2-9-20(19)23/h1-2,5-12,28H,3-4,13-18H2. The number of hydrogen-bond acceptors (Lipinski definition) is 6.